The maximum atomic E-state index is 14.2. The lowest BCUT2D eigenvalue weighted by molar-refractivity contribution is -0.186. The predicted molar refractivity (Wildman–Crippen MR) is 140 cm³/mol. The smallest absolute Gasteiger partial charge is 0.254 e. The fourth-order valence-corrected chi connectivity index (χ4v) is 6.17. The molecule has 2 aromatic carbocycles. The van der Waals surface area contributed by atoms with Gasteiger partial charge in [0.05, 0.1) is 18.4 Å². The van der Waals surface area contributed by atoms with Gasteiger partial charge in [0.15, 0.2) is 0 Å². The van der Waals surface area contributed by atoms with Crippen LogP contribution in [0.3, 0.4) is 0 Å². The Morgan fingerprint density at radius 2 is 2.08 bits per heavy atom. The summed E-state index contributed by atoms with van der Waals surface area (Å²) in [6.07, 6.45) is -0.335. The zero-order chi connectivity index (χ0) is 27.0. The van der Waals surface area contributed by atoms with Crippen LogP contribution in [0.2, 0.25) is 5.02 Å². The average molecular weight is 563 g/mol. The second kappa shape index (κ2) is 11.3. The lowest BCUT2D eigenvalue weighted by Crippen LogP contribution is -2.55. The van der Waals surface area contributed by atoms with E-state index in [-0.39, 0.29) is 11.7 Å². The first-order chi connectivity index (χ1) is 18.3. The Morgan fingerprint density at radius 3 is 2.74 bits per heavy atom. The van der Waals surface area contributed by atoms with Crippen molar-refractivity contribution in [1.82, 2.24) is 19.9 Å². The molecule has 3 aromatic rings. The fourth-order valence-electron chi connectivity index (χ4n) is 4.60. The van der Waals surface area contributed by atoms with E-state index in [9.17, 15) is 19.4 Å². The third-order valence-corrected chi connectivity index (χ3v) is 8.38. The van der Waals surface area contributed by atoms with Crippen molar-refractivity contribution in [3.63, 3.8) is 0 Å². The molecule has 2 aliphatic heterocycles. The quantitative estimate of drug-likeness (QED) is 0.451. The Bertz CT molecular complexity index is 1320. The van der Waals surface area contributed by atoms with Gasteiger partial charge in [-0.25, -0.2) is 9.07 Å². The number of likely N-dealkylation sites (tertiary alicyclic amines) is 1. The summed E-state index contributed by atoms with van der Waals surface area (Å²) in [5, 5.41) is 30.0. The lowest BCUT2D eigenvalue weighted by atomic mass is 9.97. The third kappa shape index (κ3) is 5.18. The summed E-state index contributed by atoms with van der Waals surface area (Å²) < 4.78 is 27.5. The maximum absolute atomic E-state index is 14.2. The molecule has 0 spiro atoms. The van der Waals surface area contributed by atoms with E-state index in [4.69, 9.17) is 21.1 Å². The molecule has 2 saturated heterocycles. The van der Waals surface area contributed by atoms with Crippen LogP contribution in [-0.2, 0) is 9.47 Å². The van der Waals surface area contributed by atoms with Crippen LogP contribution in [0.15, 0.2) is 47.5 Å². The van der Waals surface area contributed by atoms with Crippen molar-refractivity contribution in [2.24, 2.45) is 0 Å². The van der Waals surface area contributed by atoms with Crippen LogP contribution in [0.25, 0.3) is 11.3 Å². The van der Waals surface area contributed by atoms with E-state index in [2.05, 4.69) is 10.3 Å². The number of amides is 1. The highest BCUT2D eigenvalue weighted by Gasteiger charge is 2.48. The Balaban J connectivity index is 1.47. The summed E-state index contributed by atoms with van der Waals surface area (Å²) in [4.78, 5) is 15.4. The summed E-state index contributed by atoms with van der Waals surface area (Å²) >= 11 is 7.52. The monoisotopic (exact) mass is 562 g/mol. The minimum atomic E-state index is -1.19. The number of thioether (sulfide) groups is 1. The minimum absolute atomic E-state index is 0.0956. The number of benzene rings is 2. The molecule has 12 heteroatoms. The normalized spacial score (nSPS) is 25.3. The molecule has 2 N–H and O–H groups in total. The first kappa shape index (κ1) is 27.0. The van der Waals surface area contributed by atoms with Crippen molar-refractivity contribution in [2.75, 3.05) is 26.8 Å². The highest BCUT2D eigenvalue weighted by Crippen LogP contribution is 2.41. The van der Waals surface area contributed by atoms with Crippen molar-refractivity contribution in [2.45, 2.75) is 48.0 Å². The molecule has 3 heterocycles. The number of aliphatic hydroxyl groups excluding tert-OH is 2. The van der Waals surface area contributed by atoms with E-state index in [0.29, 0.717) is 45.4 Å². The van der Waals surface area contributed by atoms with Gasteiger partial charge in [0.1, 0.15) is 41.3 Å². The summed E-state index contributed by atoms with van der Waals surface area (Å²) in [6.45, 7) is 2.62. The van der Waals surface area contributed by atoms with Crippen LogP contribution in [0, 0.1) is 12.7 Å². The number of hydrogen-bond acceptors (Lipinski definition) is 8. The maximum Gasteiger partial charge on any atom is 0.254 e. The fraction of sp³-hybridized carbons (Fsp3) is 0.423. The van der Waals surface area contributed by atoms with Crippen LogP contribution in [0.1, 0.15) is 28.4 Å². The van der Waals surface area contributed by atoms with Crippen LogP contribution >= 0.6 is 23.4 Å². The Morgan fingerprint density at radius 1 is 1.29 bits per heavy atom. The highest BCUT2D eigenvalue weighted by molar-refractivity contribution is 8.00. The van der Waals surface area contributed by atoms with Crippen LogP contribution in [0.5, 0.6) is 0 Å². The van der Waals surface area contributed by atoms with Crippen molar-refractivity contribution in [3.05, 3.63) is 64.6 Å². The van der Waals surface area contributed by atoms with Gasteiger partial charge in [0, 0.05) is 35.7 Å². The average Bonchev–Trinajstić information content (AvgIpc) is 3.35. The number of methoxy groups -OCH3 is 1. The molecule has 1 amide bonds. The van der Waals surface area contributed by atoms with Gasteiger partial charge < -0.3 is 24.6 Å². The van der Waals surface area contributed by atoms with Crippen LogP contribution in [0.4, 0.5) is 4.39 Å². The molecule has 5 rings (SSSR count). The van der Waals surface area contributed by atoms with E-state index in [1.165, 1.54) is 29.6 Å². The summed E-state index contributed by atoms with van der Waals surface area (Å²) in [5.74, 6) is -0.457. The third-order valence-electron chi connectivity index (χ3n) is 6.94. The summed E-state index contributed by atoms with van der Waals surface area (Å²) in [5.41, 5.74) is 1.22. The SMILES string of the molecule is COC1C(Sc2cc(Cl)ccc2C(=O)N2CCC2)OC(CO)C(O)C1n1cc(-c2ccc(C)c(F)c2)nn1. The molecule has 0 saturated carbocycles. The first-order valence-corrected chi connectivity index (χ1v) is 13.5. The van der Waals surface area contributed by atoms with Gasteiger partial charge >= 0.3 is 0 Å². The zero-order valence-corrected chi connectivity index (χ0v) is 22.4. The second-order valence-electron chi connectivity index (χ2n) is 9.36. The van der Waals surface area contributed by atoms with E-state index < -0.39 is 36.4 Å². The Labute approximate surface area is 228 Å². The summed E-state index contributed by atoms with van der Waals surface area (Å²) in [7, 11) is 1.48. The standard InChI is InChI=1S/C26H28ClFN4O5S/c1-14-4-5-15(10-18(14)28)19-12-32(30-29-19)22-23(34)20(13-33)37-26(24(22)36-2)38-21-11-16(27)6-7-17(21)25(35)31-8-3-9-31/h4-7,10-12,20,22-24,26,33-34H,3,8-9,13H2,1-2H3. The molecule has 2 fully saturated rings. The predicted octanol–water partition coefficient (Wildman–Crippen LogP) is 3.32. The zero-order valence-electron chi connectivity index (χ0n) is 20.8. The van der Waals surface area contributed by atoms with Gasteiger partial charge in [-0.05, 0) is 43.2 Å². The van der Waals surface area contributed by atoms with Crippen molar-refractivity contribution < 1.29 is 28.9 Å². The van der Waals surface area contributed by atoms with Gasteiger partial charge in [-0.1, -0.05) is 40.7 Å². The molecule has 38 heavy (non-hydrogen) atoms. The lowest BCUT2D eigenvalue weighted by Gasteiger charge is -2.43. The number of hydrogen-bond donors (Lipinski definition) is 2. The highest BCUT2D eigenvalue weighted by atomic mass is 35.5. The van der Waals surface area contributed by atoms with Gasteiger partial charge in [0.2, 0.25) is 0 Å². The van der Waals surface area contributed by atoms with Gasteiger partial charge in [0.25, 0.3) is 5.91 Å². The van der Waals surface area contributed by atoms with E-state index in [1.54, 1.807) is 48.4 Å². The molecule has 5 unspecified atom stereocenters. The van der Waals surface area contributed by atoms with Crippen LogP contribution in [-0.4, -0.2) is 86.6 Å². The van der Waals surface area contributed by atoms with Gasteiger partial charge in [-0.3, -0.25) is 4.79 Å². The number of aromatic nitrogens is 3. The van der Waals surface area contributed by atoms with E-state index in [1.807, 2.05) is 0 Å². The molecule has 0 bridgehead atoms. The second-order valence-corrected chi connectivity index (χ2v) is 10.9. The van der Waals surface area contributed by atoms with Crippen molar-refractivity contribution in [3.8, 4) is 11.3 Å². The number of carbonyl (C=O) groups excluding carboxylic acids is 1. The number of halogens is 2. The minimum Gasteiger partial charge on any atom is -0.394 e. The summed E-state index contributed by atoms with van der Waals surface area (Å²) in [6, 6.07) is 9.04. The molecule has 9 nitrogen and oxygen atoms in total. The van der Waals surface area contributed by atoms with E-state index in [0.717, 1.165) is 6.42 Å². The largest absolute Gasteiger partial charge is 0.394 e. The van der Waals surface area contributed by atoms with Crippen molar-refractivity contribution >= 4 is 29.3 Å². The van der Waals surface area contributed by atoms with Gasteiger partial charge in [-0.2, -0.15) is 0 Å². The molecule has 1 aromatic heterocycles. The Hall–Kier alpha value is -2.54. The number of aliphatic hydroxyl groups is 2. The number of rotatable bonds is 7. The topological polar surface area (TPSA) is 110 Å². The molecule has 5 atom stereocenters. The van der Waals surface area contributed by atoms with E-state index >= 15 is 0 Å². The van der Waals surface area contributed by atoms with Crippen LogP contribution < -0.4 is 0 Å². The number of nitrogens with zero attached hydrogens (tertiary/aromatic N) is 4. The Kier molecular flexibility index (Phi) is 8.03. The molecule has 2 aliphatic rings. The molecule has 0 aliphatic carbocycles. The molecular weight excluding hydrogens is 535 g/mol. The molecule has 202 valence electrons. The number of carbonyl (C=O) groups is 1. The first-order valence-electron chi connectivity index (χ1n) is 12.2. The van der Waals surface area contributed by atoms with Gasteiger partial charge in [-0.15, -0.1) is 5.10 Å². The molecule has 0 radical (unpaired) electrons. The number of ether oxygens (including phenoxy) is 2. The van der Waals surface area contributed by atoms with Crippen molar-refractivity contribution in [1.29, 1.82) is 0 Å². The number of aryl methyl sites for hydroxylation is 1. The molecular formula is C26H28ClFN4O5S.